The highest BCUT2D eigenvalue weighted by Crippen LogP contribution is 2.10. The molecule has 0 fully saturated rings. The maximum atomic E-state index is 11.7. The van der Waals surface area contributed by atoms with Gasteiger partial charge in [0.25, 0.3) is 5.91 Å². The van der Waals surface area contributed by atoms with Crippen molar-refractivity contribution in [1.29, 1.82) is 0 Å². The van der Waals surface area contributed by atoms with E-state index in [-0.39, 0.29) is 5.82 Å². The number of nitrogens with one attached hydrogen (secondary N) is 2. The van der Waals surface area contributed by atoms with Crippen molar-refractivity contribution in [3.63, 3.8) is 0 Å². The van der Waals surface area contributed by atoms with Crippen molar-refractivity contribution in [1.82, 2.24) is 20.1 Å². The third kappa shape index (κ3) is 3.45. The van der Waals surface area contributed by atoms with Crippen molar-refractivity contribution in [2.45, 2.75) is 6.42 Å². The average molecular weight is 281 g/mol. The molecule has 1 amide bonds. The molecule has 0 bridgehead atoms. The Morgan fingerprint density at radius 1 is 1.53 bits per heavy atom. The van der Waals surface area contributed by atoms with Gasteiger partial charge in [0.2, 0.25) is 5.82 Å². The van der Waals surface area contributed by atoms with Crippen molar-refractivity contribution in [3.05, 3.63) is 51.2 Å². The molecule has 100 valence electrons. The van der Waals surface area contributed by atoms with Gasteiger partial charge in [0.1, 0.15) is 0 Å². The molecular weight excluding hydrogens is 268 g/mol. The lowest BCUT2D eigenvalue weighted by Crippen LogP contribution is -2.27. The Labute approximate surface area is 114 Å². The van der Waals surface area contributed by atoms with Gasteiger partial charge in [0.05, 0.1) is 0 Å². The molecule has 2 aromatic rings. The molecule has 0 aliphatic rings. The summed E-state index contributed by atoms with van der Waals surface area (Å²) >= 11 is 5.86. The highest BCUT2D eigenvalue weighted by atomic mass is 35.5. The highest BCUT2D eigenvalue weighted by Gasteiger charge is 2.10. The van der Waals surface area contributed by atoms with E-state index in [1.54, 1.807) is 6.07 Å². The standard InChI is InChI=1S/C12H13ClN4O2/c1-17-12(19)15-10(16-17)11(18)14-6-5-8-3-2-4-9(13)7-8/h2-4,7H,5-6H2,1H3,(H,14,18)(H,15,16,19). The van der Waals surface area contributed by atoms with E-state index in [4.69, 9.17) is 11.6 Å². The largest absolute Gasteiger partial charge is 0.349 e. The zero-order valence-corrected chi connectivity index (χ0v) is 11.1. The topological polar surface area (TPSA) is 79.8 Å². The summed E-state index contributed by atoms with van der Waals surface area (Å²) in [7, 11) is 1.47. The Bertz CT molecular complexity index is 647. The van der Waals surface area contributed by atoms with E-state index >= 15 is 0 Å². The Morgan fingerprint density at radius 2 is 2.32 bits per heavy atom. The first-order valence-corrected chi connectivity index (χ1v) is 6.10. The maximum Gasteiger partial charge on any atom is 0.343 e. The lowest BCUT2D eigenvalue weighted by Gasteiger charge is -2.03. The third-order valence-corrected chi connectivity index (χ3v) is 2.81. The van der Waals surface area contributed by atoms with Crippen LogP contribution in [0, 0.1) is 0 Å². The first-order chi connectivity index (χ1) is 9.06. The number of amides is 1. The number of H-pyrrole nitrogens is 1. The Balaban J connectivity index is 1.89. The summed E-state index contributed by atoms with van der Waals surface area (Å²) in [6, 6.07) is 7.43. The van der Waals surface area contributed by atoms with Gasteiger partial charge in [-0.25, -0.2) is 9.48 Å². The van der Waals surface area contributed by atoms with Gasteiger partial charge in [-0.05, 0) is 24.1 Å². The number of aromatic nitrogens is 3. The van der Waals surface area contributed by atoms with E-state index in [1.165, 1.54) is 7.05 Å². The second-order valence-corrected chi connectivity index (χ2v) is 4.47. The zero-order valence-electron chi connectivity index (χ0n) is 10.3. The fourth-order valence-electron chi connectivity index (χ4n) is 1.60. The Morgan fingerprint density at radius 3 is 2.95 bits per heavy atom. The number of hydrogen-bond donors (Lipinski definition) is 2. The monoisotopic (exact) mass is 280 g/mol. The predicted octanol–water partition coefficient (Wildman–Crippen LogP) is 0.734. The number of carbonyl (C=O) groups is 1. The van der Waals surface area contributed by atoms with Crippen LogP contribution in [-0.2, 0) is 13.5 Å². The lowest BCUT2D eigenvalue weighted by molar-refractivity contribution is 0.0943. The van der Waals surface area contributed by atoms with Gasteiger partial charge in [0.15, 0.2) is 0 Å². The molecule has 0 saturated heterocycles. The van der Waals surface area contributed by atoms with Gasteiger partial charge in [-0.2, -0.15) is 0 Å². The van der Waals surface area contributed by atoms with E-state index in [9.17, 15) is 9.59 Å². The summed E-state index contributed by atoms with van der Waals surface area (Å²) in [6.45, 7) is 0.442. The summed E-state index contributed by atoms with van der Waals surface area (Å²) in [6.07, 6.45) is 0.656. The van der Waals surface area contributed by atoms with E-state index in [0.717, 1.165) is 10.2 Å². The molecule has 1 aromatic carbocycles. The molecular formula is C12H13ClN4O2. The minimum atomic E-state index is -0.417. The van der Waals surface area contributed by atoms with Gasteiger partial charge in [0, 0.05) is 18.6 Å². The fourth-order valence-corrected chi connectivity index (χ4v) is 1.81. The van der Waals surface area contributed by atoms with Crippen LogP contribution in [0.15, 0.2) is 29.1 Å². The number of halogens is 1. The molecule has 0 aliphatic heterocycles. The Kier molecular flexibility index (Phi) is 4.01. The Hall–Kier alpha value is -2.08. The summed E-state index contributed by atoms with van der Waals surface area (Å²) in [5.41, 5.74) is 0.613. The quantitative estimate of drug-likeness (QED) is 0.867. The van der Waals surface area contributed by atoms with Gasteiger partial charge in [-0.15, -0.1) is 5.10 Å². The van der Waals surface area contributed by atoms with E-state index in [0.29, 0.717) is 18.0 Å². The first-order valence-electron chi connectivity index (χ1n) is 5.72. The van der Waals surface area contributed by atoms with Crippen LogP contribution in [0.3, 0.4) is 0 Å². The second kappa shape index (κ2) is 5.71. The number of nitrogens with zero attached hydrogens (tertiary/aromatic N) is 2. The molecule has 0 spiro atoms. The number of aryl methyl sites for hydroxylation is 1. The van der Waals surface area contributed by atoms with Crippen molar-refractivity contribution < 1.29 is 4.79 Å². The van der Waals surface area contributed by atoms with E-state index in [1.807, 2.05) is 18.2 Å². The minimum absolute atomic E-state index is 0.0126. The molecule has 2 N–H and O–H groups in total. The molecule has 0 aliphatic carbocycles. The van der Waals surface area contributed by atoms with Crippen molar-refractivity contribution in [2.75, 3.05) is 6.54 Å². The van der Waals surface area contributed by atoms with Crippen LogP contribution in [0.2, 0.25) is 5.02 Å². The van der Waals surface area contributed by atoms with E-state index in [2.05, 4.69) is 15.4 Å². The van der Waals surface area contributed by atoms with Gasteiger partial charge in [-0.1, -0.05) is 23.7 Å². The molecule has 6 nitrogen and oxygen atoms in total. The van der Waals surface area contributed by atoms with Crippen LogP contribution < -0.4 is 11.0 Å². The number of benzene rings is 1. The van der Waals surface area contributed by atoms with E-state index < -0.39 is 11.6 Å². The normalized spacial score (nSPS) is 10.4. The number of aromatic amines is 1. The van der Waals surface area contributed by atoms with Gasteiger partial charge in [-0.3, -0.25) is 9.78 Å². The number of hydrogen-bond acceptors (Lipinski definition) is 3. The summed E-state index contributed by atoms with van der Waals surface area (Å²) in [4.78, 5) is 25.2. The highest BCUT2D eigenvalue weighted by molar-refractivity contribution is 6.30. The molecule has 1 aromatic heterocycles. The molecule has 2 rings (SSSR count). The summed E-state index contributed by atoms with van der Waals surface area (Å²) in [5.74, 6) is -0.390. The van der Waals surface area contributed by atoms with Crippen LogP contribution >= 0.6 is 11.6 Å². The van der Waals surface area contributed by atoms with Crippen molar-refractivity contribution >= 4 is 17.5 Å². The molecule has 7 heteroatoms. The summed E-state index contributed by atoms with van der Waals surface area (Å²) in [5, 5.41) is 7.11. The molecule has 0 unspecified atom stereocenters. The van der Waals surface area contributed by atoms with Gasteiger partial charge < -0.3 is 5.32 Å². The first kappa shape index (κ1) is 13.4. The summed E-state index contributed by atoms with van der Waals surface area (Å²) < 4.78 is 1.08. The SMILES string of the molecule is Cn1nc(C(=O)NCCc2cccc(Cl)c2)[nH]c1=O. The van der Waals surface area contributed by atoms with Crippen LogP contribution in [-0.4, -0.2) is 27.2 Å². The zero-order chi connectivity index (χ0) is 13.8. The van der Waals surface area contributed by atoms with Crippen molar-refractivity contribution in [3.8, 4) is 0 Å². The molecule has 0 radical (unpaired) electrons. The number of carbonyl (C=O) groups excluding carboxylic acids is 1. The number of rotatable bonds is 4. The van der Waals surface area contributed by atoms with Gasteiger partial charge >= 0.3 is 5.69 Å². The molecule has 0 saturated carbocycles. The van der Waals surface area contributed by atoms with Crippen LogP contribution in [0.25, 0.3) is 0 Å². The van der Waals surface area contributed by atoms with Crippen LogP contribution in [0.5, 0.6) is 0 Å². The molecule has 0 atom stereocenters. The minimum Gasteiger partial charge on any atom is -0.349 e. The molecule has 1 heterocycles. The predicted molar refractivity (Wildman–Crippen MR) is 71.3 cm³/mol. The van der Waals surface area contributed by atoms with Crippen molar-refractivity contribution in [2.24, 2.45) is 7.05 Å². The smallest absolute Gasteiger partial charge is 0.343 e. The molecule has 19 heavy (non-hydrogen) atoms. The fraction of sp³-hybridized carbons (Fsp3) is 0.250. The second-order valence-electron chi connectivity index (χ2n) is 4.04. The lowest BCUT2D eigenvalue weighted by atomic mass is 10.1. The van der Waals surface area contributed by atoms with Crippen LogP contribution in [0.1, 0.15) is 16.2 Å². The maximum absolute atomic E-state index is 11.7. The average Bonchev–Trinajstić information content (AvgIpc) is 2.70. The third-order valence-electron chi connectivity index (χ3n) is 2.57. The van der Waals surface area contributed by atoms with Crippen LogP contribution in [0.4, 0.5) is 0 Å².